The summed E-state index contributed by atoms with van der Waals surface area (Å²) in [6.45, 7) is 0.279. The highest BCUT2D eigenvalue weighted by atomic mass is 79.9. The van der Waals surface area contributed by atoms with E-state index in [1.165, 1.54) is 6.07 Å². The van der Waals surface area contributed by atoms with Crippen LogP contribution >= 0.6 is 15.9 Å². The van der Waals surface area contributed by atoms with Gasteiger partial charge in [0, 0.05) is 28.7 Å². The molecule has 4 N–H and O–H groups in total. The van der Waals surface area contributed by atoms with Crippen LogP contribution in [0, 0.1) is 5.41 Å². The molecule has 1 saturated carbocycles. The fraction of sp³-hybridized carbons (Fsp3) is 0.538. The van der Waals surface area contributed by atoms with Crippen molar-refractivity contribution < 1.29 is 13.5 Å². The summed E-state index contributed by atoms with van der Waals surface area (Å²) in [7, 11) is -3.61. The van der Waals surface area contributed by atoms with Crippen molar-refractivity contribution in [2.75, 3.05) is 18.9 Å². The molecular formula is C13H19BrN2O3S. The van der Waals surface area contributed by atoms with Gasteiger partial charge in [-0.25, -0.2) is 13.1 Å². The number of hydrogen-bond donors (Lipinski definition) is 3. The van der Waals surface area contributed by atoms with E-state index in [4.69, 9.17) is 5.73 Å². The van der Waals surface area contributed by atoms with Crippen LogP contribution in [0.15, 0.2) is 27.6 Å². The maximum Gasteiger partial charge on any atom is 0.241 e. The SMILES string of the molecule is Nc1ccc(S(=O)(=O)NCC2(CO)CCCC2)c(Br)c1. The highest BCUT2D eigenvalue weighted by Crippen LogP contribution is 2.37. The van der Waals surface area contributed by atoms with Crippen molar-refractivity contribution in [2.45, 2.75) is 30.6 Å². The molecule has 5 nitrogen and oxygen atoms in total. The molecule has 1 aliphatic rings. The Hall–Kier alpha value is -0.630. The number of nitrogens with two attached hydrogens (primary N) is 1. The quantitative estimate of drug-likeness (QED) is 0.697. The molecule has 0 radical (unpaired) electrons. The van der Waals surface area contributed by atoms with Crippen molar-refractivity contribution >= 4 is 31.6 Å². The summed E-state index contributed by atoms with van der Waals surface area (Å²) < 4.78 is 27.7. The minimum Gasteiger partial charge on any atom is -0.399 e. The van der Waals surface area contributed by atoms with E-state index in [-0.39, 0.29) is 23.5 Å². The Labute approximate surface area is 127 Å². The summed E-state index contributed by atoms with van der Waals surface area (Å²) >= 11 is 3.22. The maximum absolute atomic E-state index is 12.3. The first-order valence-corrected chi connectivity index (χ1v) is 8.82. The molecule has 7 heteroatoms. The molecule has 0 saturated heterocycles. The van der Waals surface area contributed by atoms with Gasteiger partial charge in [0.05, 0.1) is 4.90 Å². The maximum atomic E-state index is 12.3. The summed E-state index contributed by atoms with van der Waals surface area (Å²) in [4.78, 5) is 0.165. The van der Waals surface area contributed by atoms with Gasteiger partial charge in [-0.3, -0.25) is 0 Å². The highest BCUT2D eigenvalue weighted by molar-refractivity contribution is 9.10. The zero-order valence-corrected chi connectivity index (χ0v) is 13.5. The second-order valence-electron chi connectivity index (χ2n) is 5.38. The zero-order chi connectivity index (χ0) is 14.8. The van der Waals surface area contributed by atoms with E-state index >= 15 is 0 Å². The molecule has 2 rings (SSSR count). The molecule has 1 aliphatic carbocycles. The van der Waals surface area contributed by atoms with Crippen molar-refractivity contribution in [3.63, 3.8) is 0 Å². The number of sulfonamides is 1. The molecule has 0 aromatic heterocycles. The molecular weight excluding hydrogens is 344 g/mol. The van der Waals surface area contributed by atoms with Crippen LogP contribution in [0.2, 0.25) is 0 Å². The lowest BCUT2D eigenvalue weighted by Crippen LogP contribution is -2.38. The molecule has 0 bridgehead atoms. The molecule has 1 fully saturated rings. The number of halogens is 1. The molecule has 0 atom stereocenters. The average molecular weight is 363 g/mol. The summed E-state index contributed by atoms with van der Waals surface area (Å²) in [5, 5.41) is 9.51. The monoisotopic (exact) mass is 362 g/mol. The third kappa shape index (κ3) is 3.33. The van der Waals surface area contributed by atoms with Gasteiger partial charge in [-0.05, 0) is 47.0 Å². The van der Waals surface area contributed by atoms with Crippen molar-refractivity contribution in [1.29, 1.82) is 0 Å². The summed E-state index contributed by atoms with van der Waals surface area (Å²) in [5.41, 5.74) is 5.79. The Kier molecular flexibility index (Phi) is 4.73. The van der Waals surface area contributed by atoms with Crippen LogP contribution in [0.3, 0.4) is 0 Å². The number of hydrogen-bond acceptors (Lipinski definition) is 4. The summed E-state index contributed by atoms with van der Waals surface area (Å²) in [6.07, 6.45) is 3.78. The van der Waals surface area contributed by atoms with Gasteiger partial charge in [-0.1, -0.05) is 12.8 Å². The van der Waals surface area contributed by atoms with Crippen molar-refractivity contribution in [1.82, 2.24) is 4.72 Å². The lowest BCUT2D eigenvalue weighted by Gasteiger charge is -2.26. The van der Waals surface area contributed by atoms with Crippen LogP contribution in [-0.4, -0.2) is 26.7 Å². The largest absolute Gasteiger partial charge is 0.399 e. The summed E-state index contributed by atoms with van der Waals surface area (Å²) in [6, 6.07) is 4.59. The minimum absolute atomic E-state index is 0.0123. The van der Waals surface area contributed by atoms with Crippen molar-refractivity contribution in [3.8, 4) is 0 Å². The van der Waals surface area contributed by atoms with Crippen LogP contribution in [0.5, 0.6) is 0 Å². The molecule has 0 unspecified atom stereocenters. The first kappa shape index (κ1) is 15.8. The molecule has 0 spiro atoms. The number of aliphatic hydroxyl groups is 1. The Balaban J connectivity index is 2.15. The Morgan fingerprint density at radius 1 is 1.35 bits per heavy atom. The lowest BCUT2D eigenvalue weighted by molar-refractivity contribution is 0.134. The average Bonchev–Trinajstić information content (AvgIpc) is 2.85. The first-order chi connectivity index (χ1) is 9.38. The second kappa shape index (κ2) is 6.01. The van der Waals surface area contributed by atoms with Gasteiger partial charge < -0.3 is 10.8 Å². The number of benzene rings is 1. The summed E-state index contributed by atoms with van der Waals surface area (Å²) in [5.74, 6) is 0. The topological polar surface area (TPSA) is 92.4 Å². The van der Waals surface area contributed by atoms with E-state index in [9.17, 15) is 13.5 Å². The predicted octanol–water partition coefficient (Wildman–Crippen LogP) is 1.86. The number of anilines is 1. The molecule has 0 heterocycles. The van der Waals surface area contributed by atoms with Crippen molar-refractivity contribution in [2.24, 2.45) is 5.41 Å². The van der Waals surface area contributed by atoms with E-state index in [0.717, 1.165) is 25.7 Å². The van der Waals surface area contributed by atoms with Crippen LogP contribution < -0.4 is 10.5 Å². The van der Waals surface area contributed by atoms with Crippen LogP contribution in [0.25, 0.3) is 0 Å². The fourth-order valence-corrected chi connectivity index (χ4v) is 4.83. The van der Waals surface area contributed by atoms with Crippen molar-refractivity contribution in [3.05, 3.63) is 22.7 Å². The molecule has 1 aromatic rings. The van der Waals surface area contributed by atoms with Gasteiger partial charge in [0.25, 0.3) is 0 Å². The Bertz CT molecular complexity index is 583. The van der Waals surface area contributed by atoms with Gasteiger partial charge in [-0.2, -0.15) is 0 Å². The number of aliphatic hydroxyl groups excluding tert-OH is 1. The molecule has 0 aliphatic heterocycles. The minimum atomic E-state index is -3.61. The fourth-order valence-electron chi connectivity index (χ4n) is 2.58. The van der Waals surface area contributed by atoms with E-state index in [1.807, 2.05) is 0 Å². The van der Waals surface area contributed by atoms with E-state index in [1.54, 1.807) is 12.1 Å². The Morgan fingerprint density at radius 2 is 2.00 bits per heavy atom. The molecule has 112 valence electrons. The predicted molar refractivity (Wildman–Crippen MR) is 81.7 cm³/mol. The van der Waals surface area contributed by atoms with E-state index in [0.29, 0.717) is 10.2 Å². The molecule has 20 heavy (non-hydrogen) atoms. The number of nitrogens with one attached hydrogen (secondary N) is 1. The van der Waals surface area contributed by atoms with E-state index in [2.05, 4.69) is 20.7 Å². The second-order valence-corrected chi connectivity index (χ2v) is 7.97. The van der Waals surface area contributed by atoms with Gasteiger partial charge in [-0.15, -0.1) is 0 Å². The number of rotatable bonds is 5. The van der Waals surface area contributed by atoms with Gasteiger partial charge in [0.1, 0.15) is 0 Å². The Morgan fingerprint density at radius 3 is 2.55 bits per heavy atom. The molecule has 0 amide bonds. The zero-order valence-electron chi connectivity index (χ0n) is 11.1. The third-order valence-electron chi connectivity index (χ3n) is 3.88. The van der Waals surface area contributed by atoms with E-state index < -0.39 is 10.0 Å². The highest BCUT2D eigenvalue weighted by Gasteiger charge is 2.34. The first-order valence-electron chi connectivity index (χ1n) is 6.54. The third-order valence-corrected chi connectivity index (χ3v) is 6.26. The van der Waals surface area contributed by atoms with Crippen LogP contribution in [0.1, 0.15) is 25.7 Å². The van der Waals surface area contributed by atoms with Gasteiger partial charge in [0.15, 0.2) is 0 Å². The van der Waals surface area contributed by atoms with Crippen LogP contribution in [0.4, 0.5) is 5.69 Å². The number of nitrogen functional groups attached to an aromatic ring is 1. The normalized spacial score (nSPS) is 18.3. The standard InChI is InChI=1S/C13H19BrN2O3S/c14-11-7-10(15)3-4-12(11)20(18,19)16-8-13(9-17)5-1-2-6-13/h3-4,7,16-17H,1-2,5-6,8-9,15H2. The van der Waals surface area contributed by atoms with Gasteiger partial charge >= 0.3 is 0 Å². The molecule has 1 aromatic carbocycles. The van der Waals surface area contributed by atoms with Gasteiger partial charge in [0.2, 0.25) is 10.0 Å². The van der Waals surface area contributed by atoms with Crippen LogP contribution in [-0.2, 0) is 10.0 Å². The smallest absolute Gasteiger partial charge is 0.241 e. The lowest BCUT2D eigenvalue weighted by atomic mass is 9.88.